The molecule has 0 atom stereocenters. The monoisotopic (exact) mass is 360 g/mol. The first-order valence-corrected chi connectivity index (χ1v) is 8.79. The number of aromatic nitrogens is 2. The molecule has 0 aliphatic heterocycles. The maximum absolute atomic E-state index is 13.2. The number of nitrogens with zero attached hydrogens (tertiary/aromatic N) is 1. The average Bonchev–Trinajstić information content (AvgIpc) is 3.21. The Morgan fingerprint density at radius 3 is 2.44 bits per heavy atom. The molecule has 5 nitrogen and oxygen atoms in total. The van der Waals surface area contributed by atoms with E-state index in [-0.39, 0.29) is 5.78 Å². The zero-order valence-corrected chi connectivity index (χ0v) is 15.4. The van der Waals surface area contributed by atoms with Gasteiger partial charge < -0.3 is 9.72 Å². The molecule has 2 heterocycles. The van der Waals surface area contributed by atoms with Crippen LogP contribution in [0.2, 0.25) is 0 Å². The summed E-state index contributed by atoms with van der Waals surface area (Å²) in [6, 6.07) is 16.9. The Kier molecular flexibility index (Phi) is 3.88. The molecule has 0 amide bonds. The summed E-state index contributed by atoms with van der Waals surface area (Å²) in [5.41, 5.74) is 1.87. The number of para-hydroxylation sites is 2. The van der Waals surface area contributed by atoms with Crippen molar-refractivity contribution in [3.8, 4) is 0 Å². The average molecular weight is 360 g/mol. The molecule has 1 N–H and O–H groups in total. The van der Waals surface area contributed by atoms with Crippen LogP contribution in [-0.2, 0) is 4.74 Å². The second-order valence-electron chi connectivity index (χ2n) is 7.51. The lowest BCUT2D eigenvalue weighted by atomic mass is 10.1. The summed E-state index contributed by atoms with van der Waals surface area (Å²) in [6.07, 6.45) is 1.06. The van der Waals surface area contributed by atoms with Gasteiger partial charge in [-0.05, 0) is 39.0 Å². The fraction of sp³-hybridized carbons (Fsp3) is 0.182. The Hall–Kier alpha value is -3.34. The van der Waals surface area contributed by atoms with Crippen molar-refractivity contribution in [1.82, 2.24) is 9.55 Å². The van der Waals surface area contributed by atoms with Gasteiger partial charge in [-0.2, -0.15) is 0 Å². The Morgan fingerprint density at radius 2 is 1.70 bits per heavy atom. The number of aromatic amines is 1. The van der Waals surface area contributed by atoms with Crippen LogP contribution in [0.5, 0.6) is 0 Å². The number of ketones is 1. The van der Waals surface area contributed by atoms with Gasteiger partial charge in [0, 0.05) is 22.5 Å². The van der Waals surface area contributed by atoms with Gasteiger partial charge in [0.1, 0.15) is 5.60 Å². The second-order valence-corrected chi connectivity index (χ2v) is 7.51. The molecule has 0 aliphatic rings. The topological polar surface area (TPSA) is 64.1 Å². The molecule has 0 bridgehead atoms. The van der Waals surface area contributed by atoms with Gasteiger partial charge in [-0.15, -0.1) is 0 Å². The van der Waals surface area contributed by atoms with Gasteiger partial charge in [0.15, 0.2) is 0 Å². The van der Waals surface area contributed by atoms with Crippen LogP contribution >= 0.6 is 0 Å². The van der Waals surface area contributed by atoms with E-state index in [9.17, 15) is 9.59 Å². The highest BCUT2D eigenvalue weighted by Crippen LogP contribution is 2.26. The van der Waals surface area contributed by atoms with E-state index in [0.717, 1.165) is 10.9 Å². The molecule has 5 heteroatoms. The predicted molar refractivity (Wildman–Crippen MR) is 105 cm³/mol. The molecular weight excluding hydrogens is 340 g/mol. The molecule has 27 heavy (non-hydrogen) atoms. The minimum Gasteiger partial charge on any atom is -0.443 e. The first kappa shape index (κ1) is 17.1. The molecule has 4 rings (SSSR count). The molecule has 0 spiro atoms. The molecule has 0 radical (unpaired) electrons. The van der Waals surface area contributed by atoms with Crippen LogP contribution in [0.15, 0.2) is 60.8 Å². The van der Waals surface area contributed by atoms with E-state index >= 15 is 0 Å². The van der Waals surface area contributed by atoms with E-state index < -0.39 is 11.7 Å². The highest BCUT2D eigenvalue weighted by Gasteiger charge is 2.23. The number of hydrogen-bond donors (Lipinski definition) is 1. The van der Waals surface area contributed by atoms with Crippen molar-refractivity contribution in [2.45, 2.75) is 26.4 Å². The van der Waals surface area contributed by atoms with Crippen molar-refractivity contribution in [3.63, 3.8) is 0 Å². The summed E-state index contributed by atoms with van der Waals surface area (Å²) in [4.78, 5) is 28.9. The highest BCUT2D eigenvalue weighted by molar-refractivity contribution is 6.17. The Morgan fingerprint density at radius 1 is 1.00 bits per heavy atom. The zero-order valence-electron chi connectivity index (χ0n) is 15.4. The maximum Gasteiger partial charge on any atom is 0.419 e. The van der Waals surface area contributed by atoms with Crippen molar-refractivity contribution in [2.75, 3.05) is 0 Å². The van der Waals surface area contributed by atoms with Crippen LogP contribution in [0.3, 0.4) is 0 Å². The zero-order chi connectivity index (χ0) is 19.2. The highest BCUT2D eigenvalue weighted by atomic mass is 16.6. The van der Waals surface area contributed by atoms with Crippen molar-refractivity contribution >= 4 is 33.7 Å². The summed E-state index contributed by atoms with van der Waals surface area (Å²) in [7, 11) is 0. The molecule has 2 aromatic carbocycles. The summed E-state index contributed by atoms with van der Waals surface area (Å²) in [5, 5.41) is 1.68. The quantitative estimate of drug-likeness (QED) is 0.504. The molecule has 0 saturated carbocycles. The molecule has 0 saturated heterocycles. The van der Waals surface area contributed by atoms with Crippen LogP contribution in [0.25, 0.3) is 21.8 Å². The standard InChI is InChI=1S/C22H20N2O3/c1-22(2,3)27-21(26)24-13-16(15-9-5-7-11-19(15)24)20(25)18-12-14-8-4-6-10-17(14)23-18/h4-13,23H,1-3H3. The van der Waals surface area contributed by atoms with Crippen LogP contribution in [0.4, 0.5) is 4.79 Å². The third-order valence-corrected chi connectivity index (χ3v) is 4.32. The van der Waals surface area contributed by atoms with E-state index in [4.69, 9.17) is 4.74 Å². The molecule has 2 aromatic heterocycles. The minimum atomic E-state index is -0.621. The molecular formula is C22H20N2O3. The fourth-order valence-corrected chi connectivity index (χ4v) is 3.16. The second kappa shape index (κ2) is 6.13. The Bertz CT molecular complexity index is 1140. The number of carbonyl (C=O) groups excluding carboxylic acids is 2. The first-order chi connectivity index (χ1) is 12.8. The third-order valence-electron chi connectivity index (χ3n) is 4.32. The summed E-state index contributed by atoms with van der Waals surface area (Å²) in [6.45, 7) is 5.44. The van der Waals surface area contributed by atoms with E-state index in [0.29, 0.717) is 22.2 Å². The van der Waals surface area contributed by atoms with E-state index in [1.807, 2.05) is 69.3 Å². The SMILES string of the molecule is CC(C)(C)OC(=O)n1cc(C(=O)c2cc3ccccc3[nH]2)c2ccccc21. The van der Waals surface area contributed by atoms with Crippen LogP contribution in [0, 0.1) is 0 Å². The van der Waals surface area contributed by atoms with Gasteiger partial charge in [0.2, 0.25) is 5.78 Å². The lowest BCUT2D eigenvalue weighted by Gasteiger charge is -2.19. The number of H-pyrrole nitrogens is 1. The minimum absolute atomic E-state index is 0.162. The molecule has 0 aliphatic carbocycles. The van der Waals surface area contributed by atoms with Gasteiger partial charge in [0.25, 0.3) is 0 Å². The number of benzene rings is 2. The van der Waals surface area contributed by atoms with Crippen molar-refractivity contribution < 1.29 is 14.3 Å². The van der Waals surface area contributed by atoms with Crippen molar-refractivity contribution in [2.24, 2.45) is 0 Å². The molecule has 136 valence electrons. The van der Waals surface area contributed by atoms with Crippen molar-refractivity contribution in [3.05, 3.63) is 72.1 Å². The Balaban J connectivity index is 1.82. The number of rotatable bonds is 2. The molecule has 4 aromatic rings. The normalized spacial score (nSPS) is 11.8. The third kappa shape index (κ3) is 3.12. The molecule has 0 fully saturated rings. The lowest BCUT2D eigenvalue weighted by molar-refractivity contribution is 0.0544. The first-order valence-electron chi connectivity index (χ1n) is 8.79. The fourth-order valence-electron chi connectivity index (χ4n) is 3.16. The Labute approximate surface area is 156 Å². The number of nitrogens with one attached hydrogen (secondary N) is 1. The predicted octanol–water partition coefficient (Wildman–Crippen LogP) is 5.14. The van der Waals surface area contributed by atoms with Crippen LogP contribution in [-0.4, -0.2) is 27.0 Å². The van der Waals surface area contributed by atoms with Crippen LogP contribution < -0.4 is 0 Å². The van der Waals surface area contributed by atoms with Gasteiger partial charge in [-0.25, -0.2) is 4.79 Å². The van der Waals surface area contributed by atoms with Gasteiger partial charge in [-0.3, -0.25) is 9.36 Å². The van der Waals surface area contributed by atoms with Gasteiger partial charge in [-0.1, -0.05) is 36.4 Å². The number of ether oxygens (including phenoxy) is 1. The molecule has 0 unspecified atom stereocenters. The maximum atomic E-state index is 13.2. The van der Waals surface area contributed by atoms with Crippen LogP contribution in [0.1, 0.15) is 36.8 Å². The van der Waals surface area contributed by atoms with E-state index in [1.165, 1.54) is 4.57 Å². The summed E-state index contributed by atoms with van der Waals surface area (Å²) >= 11 is 0. The lowest BCUT2D eigenvalue weighted by Crippen LogP contribution is -2.26. The number of carbonyl (C=O) groups is 2. The largest absolute Gasteiger partial charge is 0.443 e. The smallest absolute Gasteiger partial charge is 0.419 e. The van der Waals surface area contributed by atoms with Crippen molar-refractivity contribution in [1.29, 1.82) is 0 Å². The van der Waals surface area contributed by atoms with Gasteiger partial charge >= 0.3 is 6.09 Å². The number of fused-ring (bicyclic) bond motifs is 2. The summed E-state index contributed by atoms with van der Waals surface area (Å²) < 4.78 is 6.88. The van der Waals surface area contributed by atoms with Gasteiger partial charge in [0.05, 0.1) is 16.8 Å². The summed E-state index contributed by atoms with van der Waals surface area (Å²) in [5.74, 6) is -0.162. The van der Waals surface area contributed by atoms with E-state index in [2.05, 4.69) is 4.98 Å². The van der Waals surface area contributed by atoms with E-state index in [1.54, 1.807) is 12.3 Å². The number of hydrogen-bond acceptors (Lipinski definition) is 3.